The SMILES string of the molecule is Fc1c[nH]c2ccc(Br)cc12. The van der Waals surface area contributed by atoms with Crippen LogP contribution in [0.5, 0.6) is 0 Å². The van der Waals surface area contributed by atoms with Crippen LogP contribution in [0.1, 0.15) is 0 Å². The highest BCUT2D eigenvalue weighted by atomic mass is 79.9. The lowest BCUT2D eigenvalue weighted by molar-refractivity contribution is 0.639. The number of fused-ring (bicyclic) bond motifs is 1. The molecule has 0 unspecified atom stereocenters. The van der Waals surface area contributed by atoms with E-state index < -0.39 is 0 Å². The third kappa shape index (κ3) is 1.05. The van der Waals surface area contributed by atoms with Crippen molar-refractivity contribution in [1.82, 2.24) is 4.98 Å². The zero-order chi connectivity index (χ0) is 7.84. The normalized spacial score (nSPS) is 10.7. The summed E-state index contributed by atoms with van der Waals surface area (Å²) in [6.07, 6.45) is 1.36. The minimum atomic E-state index is -0.207. The fraction of sp³-hybridized carbons (Fsp3) is 0. The maximum Gasteiger partial charge on any atom is 0.148 e. The molecule has 0 fully saturated rings. The van der Waals surface area contributed by atoms with Crippen LogP contribution < -0.4 is 0 Å². The van der Waals surface area contributed by atoms with Gasteiger partial charge >= 0.3 is 0 Å². The number of rotatable bonds is 0. The number of hydrogen-bond donors (Lipinski definition) is 1. The van der Waals surface area contributed by atoms with E-state index in [1.54, 1.807) is 6.07 Å². The van der Waals surface area contributed by atoms with Gasteiger partial charge in [-0.05, 0) is 18.2 Å². The van der Waals surface area contributed by atoms with E-state index in [2.05, 4.69) is 20.9 Å². The first kappa shape index (κ1) is 6.85. The molecule has 1 nitrogen and oxygen atoms in total. The molecule has 0 saturated carbocycles. The van der Waals surface area contributed by atoms with E-state index in [0.717, 1.165) is 9.99 Å². The molecule has 0 amide bonds. The van der Waals surface area contributed by atoms with Crippen molar-refractivity contribution in [1.29, 1.82) is 0 Å². The predicted molar refractivity (Wildman–Crippen MR) is 46.0 cm³/mol. The number of benzene rings is 1. The Labute approximate surface area is 71.4 Å². The minimum Gasteiger partial charge on any atom is -0.359 e. The van der Waals surface area contributed by atoms with Crippen molar-refractivity contribution in [3.05, 3.63) is 34.7 Å². The highest BCUT2D eigenvalue weighted by Gasteiger charge is 2.01. The van der Waals surface area contributed by atoms with Crippen LogP contribution in [-0.4, -0.2) is 4.98 Å². The molecular weight excluding hydrogens is 209 g/mol. The Bertz CT molecular complexity index is 394. The second-order valence-electron chi connectivity index (χ2n) is 2.33. The summed E-state index contributed by atoms with van der Waals surface area (Å²) in [7, 11) is 0. The molecule has 0 saturated heterocycles. The standard InChI is InChI=1S/C8H5BrFN/c9-5-1-2-8-6(3-5)7(10)4-11-8/h1-4,11H. The zero-order valence-electron chi connectivity index (χ0n) is 5.57. The average molecular weight is 214 g/mol. The molecule has 11 heavy (non-hydrogen) atoms. The van der Waals surface area contributed by atoms with Crippen LogP contribution in [0.25, 0.3) is 10.9 Å². The Kier molecular flexibility index (Phi) is 1.46. The Morgan fingerprint density at radius 1 is 1.36 bits per heavy atom. The maximum absolute atomic E-state index is 12.9. The molecule has 0 spiro atoms. The van der Waals surface area contributed by atoms with Crippen LogP contribution in [0.15, 0.2) is 28.9 Å². The van der Waals surface area contributed by atoms with Gasteiger partial charge in [0.05, 0.1) is 0 Å². The summed E-state index contributed by atoms with van der Waals surface area (Å²) in [6, 6.07) is 5.46. The fourth-order valence-corrected chi connectivity index (χ4v) is 1.42. The quantitative estimate of drug-likeness (QED) is 0.693. The Morgan fingerprint density at radius 2 is 2.18 bits per heavy atom. The van der Waals surface area contributed by atoms with Crippen molar-refractivity contribution in [3.63, 3.8) is 0 Å². The van der Waals surface area contributed by atoms with Gasteiger partial charge in [-0.25, -0.2) is 4.39 Å². The molecule has 3 heteroatoms. The maximum atomic E-state index is 12.9. The summed E-state index contributed by atoms with van der Waals surface area (Å²) in [5.74, 6) is -0.207. The summed E-state index contributed by atoms with van der Waals surface area (Å²) in [5, 5.41) is 0.624. The third-order valence-electron chi connectivity index (χ3n) is 1.59. The minimum absolute atomic E-state index is 0.207. The summed E-state index contributed by atoms with van der Waals surface area (Å²) in [4.78, 5) is 2.82. The van der Waals surface area contributed by atoms with E-state index in [-0.39, 0.29) is 5.82 Å². The number of hydrogen-bond acceptors (Lipinski definition) is 0. The van der Waals surface area contributed by atoms with Crippen LogP contribution in [0, 0.1) is 5.82 Å². The molecule has 0 atom stereocenters. The summed E-state index contributed by atoms with van der Waals surface area (Å²) in [5.41, 5.74) is 0.825. The van der Waals surface area contributed by atoms with Crippen LogP contribution in [0.2, 0.25) is 0 Å². The van der Waals surface area contributed by atoms with E-state index in [1.165, 1.54) is 6.20 Å². The van der Waals surface area contributed by atoms with Gasteiger partial charge in [-0.3, -0.25) is 0 Å². The smallest absolute Gasteiger partial charge is 0.148 e. The van der Waals surface area contributed by atoms with E-state index in [4.69, 9.17) is 0 Å². The predicted octanol–water partition coefficient (Wildman–Crippen LogP) is 3.07. The van der Waals surface area contributed by atoms with Crippen LogP contribution in [-0.2, 0) is 0 Å². The molecule has 1 N–H and O–H groups in total. The van der Waals surface area contributed by atoms with E-state index in [9.17, 15) is 4.39 Å². The molecule has 0 aliphatic rings. The van der Waals surface area contributed by atoms with E-state index in [0.29, 0.717) is 5.39 Å². The fourth-order valence-electron chi connectivity index (χ4n) is 1.06. The number of H-pyrrole nitrogens is 1. The molecule has 56 valence electrons. The zero-order valence-corrected chi connectivity index (χ0v) is 7.15. The monoisotopic (exact) mass is 213 g/mol. The second-order valence-corrected chi connectivity index (χ2v) is 3.24. The van der Waals surface area contributed by atoms with Crippen molar-refractivity contribution >= 4 is 26.8 Å². The molecule has 1 aromatic heterocycles. The van der Waals surface area contributed by atoms with Crippen molar-refractivity contribution in [3.8, 4) is 0 Å². The van der Waals surface area contributed by atoms with Crippen LogP contribution in [0.3, 0.4) is 0 Å². The first-order chi connectivity index (χ1) is 5.27. The van der Waals surface area contributed by atoms with Crippen molar-refractivity contribution < 1.29 is 4.39 Å². The molecular formula is C8H5BrFN. The molecule has 2 rings (SSSR count). The highest BCUT2D eigenvalue weighted by Crippen LogP contribution is 2.20. The number of aromatic amines is 1. The Hall–Kier alpha value is -0.830. The van der Waals surface area contributed by atoms with Gasteiger partial charge in [0.2, 0.25) is 0 Å². The molecule has 2 aromatic rings. The topological polar surface area (TPSA) is 15.8 Å². The van der Waals surface area contributed by atoms with Gasteiger partial charge in [-0.2, -0.15) is 0 Å². The molecule has 1 heterocycles. The van der Waals surface area contributed by atoms with E-state index >= 15 is 0 Å². The lowest BCUT2D eigenvalue weighted by atomic mass is 10.2. The second kappa shape index (κ2) is 2.34. The number of nitrogens with one attached hydrogen (secondary N) is 1. The van der Waals surface area contributed by atoms with Crippen molar-refractivity contribution in [2.75, 3.05) is 0 Å². The molecule has 0 aliphatic heterocycles. The van der Waals surface area contributed by atoms with Crippen LogP contribution in [0.4, 0.5) is 4.39 Å². The van der Waals surface area contributed by atoms with Gasteiger partial charge in [0, 0.05) is 21.6 Å². The number of aromatic nitrogens is 1. The van der Waals surface area contributed by atoms with Gasteiger partial charge in [0.1, 0.15) is 5.82 Å². The Balaban J connectivity index is 2.87. The van der Waals surface area contributed by atoms with Gasteiger partial charge in [-0.15, -0.1) is 0 Å². The first-order valence-corrected chi connectivity index (χ1v) is 3.99. The molecule has 0 radical (unpaired) electrons. The lowest BCUT2D eigenvalue weighted by Crippen LogP contribution is -1.69. The van der Waals surface area contributed by atoms with Gasteiger partial charge < -0.3 is 4.98 Å². The Morgan fingerprint density at radius 3 is 3.00 bits per heavy atom. The average Bonchev–Trinajstić information content (AvgIpc) is 2.33. The molecule has 1 aromatic carbocycles. The first-order valence-electron chi connectivity index (χ1n) is 3.19. The van der Waals surface area contributed by atoms with Crippen molar-refractivity contribution in [2.45, 2.75) is 0 Å². The molecule has 0 aliphatic carbocycles. The number of halogens is 2. The van der Waals surface area contributed by atoms with Crippen molar-refractivity contribution in [2.24, 2.45) is 0 Å². The largest absolute Gasteiger partial charge is 0.359 e. The van der Waals surface area contributed by atoms with Gasteiger partial charge in [0.15, 0.2) is 0 Å². The van der Waals surface area contributed by atoms with Gasteiger partial charge in [0.25, 0.3) is 0 Å². The summed E-state index contributed by atoms with van der Waals surface area (Å²) in [6.45, 7) is 0. The van der Waals surface area contributed by atoms with E-state index in [1.807, 2.05) is 12.1 Å². The van der Waals surface area contributed by atoms with Gasteiger partial charge in [-0.1, -0.05) is 15.9 Å². The summed E-state index contributed by atoms with van der Waals surface area (Å²) < 4.78 is 13.8. The highest BCUT2D eigenvalue weighted by molar-refractivity contribution is 9.10. The third-order valence-corrected chi connectivity index (χ3v) is 2.09. The van der Waals surface area contributed by atoms with Crippen LogP contribution >= 0.6 is 15.9 Å². The summed E-state index contributed by atoms with van der Waals surface area (Å²) >= 11 is 3.27. The lowest BCUT2D eigenvalue weighted by Gasteiger charge is -1.89. The molecule has 0 bridgehead atoms.